The minimum absolute atomic E-state index is 0.0530. The highest BCUT2D eigenvalue weighted by molar-refractivity contribution is 6.30. The number of benzene rings is 2. The van der Waals surface area contributed by atoms with Crippen molar-refractivity contribution in [2.45, 2.75) is 33.8 Å². The Morgan fingerprint density at radius 1 is 1.07 bits per heavy atom. The van der Waals surface area contributed by atoms with Gasteiger partial charge < -0.3 is 19.3 Å². The lowest BCUT2D eigenvalue weighted by Crippen LogP contribution is -2.49. The Balaban J connectivity index is 1.68. The molecule has 3 rings (SSSR count). The van der Waals surface area contributed by atoms with E-state index >= 15 is 0 Å². The van der Waals surface area contributed by atoms with E-state index in [1.54, 1.807) is 0 Å². The smallest absolute Gasteiger partial charge is 0.253 e. The molecule has 1 aliphatic rings. The highest BCUT2D eigenvalue weighted by Crippen LogP contribution is 2.26. The minimum atomic E-state index is 0.0530. The van der Waals surface area contributed by atoms with Crippen molar-refractivity contribution in [2.24, 2.45) is 0 Å². The van der Waals surface area contributed by atoms with Crippen molar-refractivity contribution in [3.63, 3.8) is 0 Å². The van der Waals surface area contributed by atoms with Crippen LogP contribution in [0, 0.1) is 6.92 Å². The standard InChI is InChI=1S/C24H31ClN2O3/c1-4-14-29-17-20-15-19(7-9-23(20)30-5-2)24(28)27-12-10-26(11-13-27)22-16-21(25)8-6-18(22)3/h6-9,15-16H,4-5,10-14,17H2,1-3H3. The summed E-state index contributed by atoms with van der Waals surface area (Å²) in [6.45, 7) is 10.8. The SMILES string of the molecule is CCCOCc1cc(C(=O)N2CCN(c3cc(Cl)ccc3C)CC2)ccc1OCC. The minimum Gasteiger partial charge on any atom is -0.494 e. The summed E-state index contributed by atoms with van der Waals surface area (Å²) in [5.74, 6) is 0.837. The van der Waals surface area contributed by atoms with Gasteiger partial charge in [0.2, 0.25) is 0 Å². The lowest BCUT2D eigenvalue weighted by molar-refractivity contribution is 0.0746. The molecule has 0 aromatic heterocycles. The number of hydrogen-bond acceptors (Lipinski definition) is 4. The molecule has 5 nitrogen and oxygen atoms in total. The molecular formula is C24H31ClN2O3. The Morgan fingerprint density at radius 2 is 1.83 bits per heavy atom. The van der Waals surface area contributed by atoms with Gasteiger partial charge in [-0.3, -0.25) is 4.79 Å². The molecule has 1 aliphatic heterocycles. The van der Waals surface area contributed by atoms with E-state index in [0.717, 1.165) is 41.5 Å². The van der Waals surface area contributed by atoms with Gasteiger partial charge >= 0.3 is 0 Å². The summed E-state index contributed by atoms with van der Waals surface area (Å²) in [6.07, 6.45) is 0.957. The lowest BCUT2D eigenvalue weighted by atomic mass is 10.1. The van der Waals surface area contributed by atoms with Gasteiger partial charge in [-0.25, -0.2) is 0 Å². The number of piperazine rings is 1. The quantitative estimate of drug-likeness (QED) is 0.556. The number of anilines is 1. The maximum Gasteiger partial charge on any atom is 0.253 e. The first kappa shape index (κ1) is 22.4. The maximum atomic E-state index is 13.1. The highest BCUT2D eigenvalue weighted by atomic mass is 35.5. The van der Waals surface area contributed by atoms with Crippen LogP contribution in [-0.2, 0) is 11.3 Å². The molecule has 6 heteroatoms. The van der Waals surface area contributed by atoms with Crippen molar-refractivity contribution in [3.8, 4) is 5.75 Å². The first-order valence-electron chi connectivity index (χ1n) is 10.7. The third-order valence-corrected chi connectivity index (χ3v) is 5.53. The molecule has 0 radical (unpaired) electrons. The van der Waals surface area contributed by atoms with Crippen molar-refractivity contribution in [1.82, 2.24) is 4.90 Å². The molecule has 30 heavy (non-hydrogen) atoms. The molecule has 1 saturated heterocycles. The zero-order chi connectivity index (χ0) is 21.5. The predicted octanol–water partition coefficient (Wildman–Crippen LogP) is 4.94. The second-order valence-electron chi connectivity index (χ2n) is 7.52. The maximum absolute atomic E-state index is 13.1. The first-order valence-corrected chi connectivity index (χ1v) is 11.0. The molecule has 0 N–H and O–H groups in total. The van der Waals surface area contributed by atoms with Gasteiger partial charge in [-0.2, -0.15) is 0 Å². The molecule has 0 bridgehead atoms. The first-order chi connectivity index (χ1) is 14.5. The summed E-state index contributed by atoms with van der Waals surface area (Å²) in [7, 11) is 0. The van der Waals surface area contributed by atoms with Crippen molar-refractivity contribution < 1.29 is 14.3 Å². The van der Waals surface area contributed by atoms with E-state index in [-0.39, 0.29) is 5.91 Å². The second kappa shape index (κ2) is 10.7. The van der Waals surface area contributed by atoms with Crippen LogP contribution in [-0.4, -0.2) is 50.2 Å². The van der Waals surface area contributed by atoms with Crippen molar-refractivity contribution in [3.05, 3.63) is 58.1 Å². The second-order valence-corrected chi connectivity index (χ2v) is 7.95. The summed E-state index contributed by atoms with van der Waals surface area (Å²) in [4.78, 5) is 17.3. The number of rotatable bonds is 8. The summed E-state index contributed by atoms with van der Waals surface area (Å²) in [6, 6.07) is 11.6. The number of halogens is 1. The summed E-state index contributed by atoms with van der Waals surface area (Å²) < 4.78 is 11.4. The van der Waals surface area contributed by atoms with Crippen LogP contribution in [0.3, 0.4) is 0 Å². The van der Waals surface area contributed by atoms with Crippen molar-refractivity contribution in [1.29, 1.82) is 0 Å². The Labute approximate surface area is 184 Å². The molecule has 1 fully saturated rings. The van der Waals surface area contributed by atoms with Crippen LogP contribution in [0.1, 0.15) is 41.8 Å². The average molecular weight is 431 g/mol. The lowest BCUT2D eigenvalue weighted by Gasteiger charge is -2.37. The summed E-state index contributed by atoms with van der Waals surface area (Å²) in [5, 5.41) is 0.737. The Hall–Kier alpha value is -2.24. The number of amides is 1. The molecule has 162 valence electrons. The van der Waals surface area contributed by atoms with Gasteiger partial charge in [-0.1, -0.05) is 24.6 Å². The van der Waals surface area contributed by atoms with Gasteiger partial charge in [-0.15, -0.1) is 0 Å². The number of hydrogen-bond donors (Lipinski definition) is 0. The Morgan fingerprint density at radius 3 is 2.53 bits per heavy atom. The fourth-order valence-corrected chi connectivity index (χ4v) is 3.87. The van der Waals surface area contributed by atoms with Gasteiger partial charge in [-0.05, 0) is 56.2 Å². The highest BCUT2D eigenvalue weighted by Gasteiger charge is 2.24. The molecule has 0 atom stereocenters. The Kier molecular flexibility index (Phi) is 8.00. The molecule has 1 amide bonds. The fraction of sp³-hybridized carbons (Fsp3) is 0.458. The molecular weight excluding hydrogens is 400 g/mol. The van der Waals surface area contributed by atoms with E-state index in [4.69, 9.17) is 21.1 Å². The van der Waals surface area contributed by atoms with Crippen molar-refractivity contribution in [2.75, 3.05) is 44.3 Å². The molecule has 1 heterocycles. The van der Waals surface area contributed by atoms with Gasteiger partial charge in [0.15, 0.2) is 0 Å². The normalized spacial score (nSPS) is 14.1. The summed E-state index contributed by atoms with van der Waals surface area (Å²) in [5.41, 5.74) is 3.94. The number of nitrogens with zero attached hydrogens (tertiary/aromatic N) is 2. The van der Waals surface area contributed by atoms with Crippen LogP contribution in [0.4, 0.5) is 5.69 Å². The molecule has 2 aromatic rings. The zero-order valence-electron chi connectivity index (χ0n) is 18.1. The molecule has 0 unspecified atom stereocenters. The van der Waals surface area contributed by atoms with E-state index in [1.807, 2.05) is 48.2 Å². The van der Waals surface area contributed by atoms with Gasteiger partial charge in [0.25, 0.3) is 5.91 Å². The average Bonchev–Trinajstić information content (AvgIpc) is 2.76. The monoisotopic (exact) mass is 430 g/mol. The third-order valence-electron chi connectivity index (χ3n) is 5.29. The third kappa shape index (κ3) is 5.46. The number of aryl methyl sites for hydroxylation is 1. The van der Waals surface area contributed by atoms with E-state index < -0.39 is 0 Å². The number of carbonyl (C=O) groups is 1. The molecule has 0 saturated carbocycles. The van der Waals surface area contributed by atoms with E-state index in [0.29, 0.717) is 38.5 Å². The fourth-order valence-electron chi connectivity index (χ4n) is 3.70. The van der Waals surface area contributed by atoms with Crippen LogP contribution in [0.5, 0.6) is 5.75 Å². The molecule has 0 aliphatic carbocycles. The van der Waals surface area contributed by atoms with E-state index in [1.165, 1.54) is 5.56 Å². The van der Waals surface area contributed by atoms with E-state index in [9.17, 15) is 4.79 Å². The van der Waals surface area contributed by atoms with Crippen molar-refractivity contribution >= 4 is 23.2 Å². The number of ether oxygens (including phenoxy) is 2. The van der Waals surface area contributed by atoms with Crippen LogP contribution in [0.2, 0.25) is 5.02 Å². The van der Waals surface area contributed by atoms with E-state index in [2.05, 4.69) is 18.7 Å². The number of carbonyl (C=O) groups excluding carboxylic acids is 1. The zero-order valence-corrected chi connectivity index (χ0v) is 18.9. The molecule has 2 aromatic carbocycles. The van der Waals surface area contributed by atoms with Gasteiger partial charge in [0, 0.05) is 54.6 Å². The van der Waals surface area contributed by atoms with Crippen LogP contribution in [0.15, 0.2) is 36.4 Å². The largest absolute Gasteiger partial charge is 0.494 e. The topological polar surface area (TPSA) is 42.0 Å². The van der Waals surface area contributed by atoms with Crippen LogP contribution < -0.4 is 9.64 Å². The van der Waals surface area contributed by atoms with Gasteiger partial charge in [0.1, 0.15) is 5.75 Å². The van der Waals surface area contributed by atoms with Crippen LogP contribution >= 0.6 is 11.6 Å². The Bertz CT molecular complexity index is 864. The van der Waals surface area contributed by atoms with Crippen LogP contribution in [0.25, 0.3) is 0 Å². The summed E-state index contributed by atoms with van der Waals surface area (Å²) >= 11 is 6.18. The predicted molar refractivity (Wildman–Crippen MR) is 122 cm³/mol. The van der Waals surface area contributed by atoms with Gasteiger partial charge in [0.05, 0.1) is 13.2 Å². The molecule has 0 spiro atoms.